The number of ether oxygens (including phenoxy) is 3. The highest BCUT2D eigenvalue weighted by Gasteiger charge is 2.40. The summed E-state index contributed by atoms with van der Waals surface area (Å²) >= 11 is 0. The van der Waals surface area contributed by atoms with Gasteiger partial charge in [0.25, 0.3) is 0 Å². The van der Waals surface area contributed by atoms with Crippen LogP contribution in [0, 0.1) is 0 Å². The molecule has 0 amide bonds. The number of hydrogen-bond donors (Lipinski definition) is 1. The Morgan fingerprint density at radius 2 is 1.79 bits per heavy atom. The molecule has 9 heteroatoms. The van der Waals surface area contributed by atoms with Gasteiger partial charge in [-0.1, -0.05) is 0 Å². The lowest BCUT2D eigenvalue weighted by Gasteiger charge is -2.39. The van der Waals surface area contributed by atoms with Crippen molar-refractivity contribution in [2.75, 3.05) is 53.8 Å². The van der Waals surface area contributed by atoms with Crippen molar-refractivity contribution >= 4 is 15.8 Å². The second kappa shape index (κ2) is 8.89. The van der Waals surface area contributed by atoms with Crippen molar-refractivity contribution in [3.63, 3.8) is 0 Å². The maximum atomic E-state index is 12.2. The monoisotopic (exact) mass is 413 g/mol. The molecule has 0 atom stereocenters. The Hall–Kier alpha value is -2.16. The predicted molar refractivity (Wildman–Crippen MR) is 111 cm³/mol. The number of aliphatic imine (C=N–C) groups is 1. The second-order valence-corrected chi connectivity index (χ2v) is 9.98. The van der Waals surface area contributed by atoms with Crippen LogP contribution in [0.1, 0.15) is 19.4 Å². The van der Waals surface area contributed by atoms with Crippen LogP contribution in [0.2, 0.25) is 0 Å². The first kappa shape index (κ1) is 22.1. The number of benzene rings is 1. The Balaban J connectivity index is 2.08. The molecule has 0 spiro atoms. The molecule has 158 valence electrons. The smallest absolute Gasteiger partial charge is 0.193 e. The first-order valence-electron chi connectivity index (χ1n) is 9.16. The SMILES string of the molecule is CN=C(NCCc1c(OC)cc(OC)cc1OC)N1CCS(=O)(=O)C(C)(C)C1. The standard InChI is InChI=1S/C19H31N3O5S/c1-19(2)13-22(9-10-28(19,23)24)18(20-3)21-8-7-15-16(26-5)11-14(25-4)12-17(15)27-6/h11-12H,7-10,13H2,1-6H3,(H,20,21). The van der Waals surface area contributed by atoms with Crippen molar-refractivity contribution in [1.29, 1.82) is 0 Å². The second-order valence-electron chi connectivity index (χ2n) is 7.23. The molecule has 1 aliphatic rings. The molecule has 0 saturated carbocycles. The van der Waals surface area contributed by atoms with E-state index in [4.69, 9.17) is 14.2 Å². The fourth-order valence-electron chi connectivity index (χ4n) is 3.28. The van der Waals surface area contributed by atoms with Gasteiger partial charge in [-0.15, -0.1) is 0 Å². The minimum atomic E-state index is -3.09. The van der Waals surface area contributed by atoms with Gasteiger partial charge in [0.05, 0.1) is 31.8 Å². The lowest BCUT2D eigenvalue weighted by Crippen LogP contribution is -2.57. The van der Waals surface area contributed by atoms with Gasteiger partial charge in [0.1, 0.15) is 17.2 Å². The molecule has 2 rings (SSSR count). The minimum Gasteiger partial charge on any atom is -0.496 e. The zero-order valence-corrected chi connectivity index (χ0v) is 18.4. The van der Waals surface area contributed by atoms with Crippen molar-refractivity contribution in [2.45, 2.75) is 25.0 Å². The average Bonchev–Trinajstić information content (AvgIpc) is 2.67. The van der Waals surface area contributed by atoms with Gasteiger partial charge in [-0.25, -0.2) is 8.42 Å². The maximum Gasteiger partial charge on any atom is 0.193 e. The third kappa shape index (κ3) is 4.63. The summed E-state index contributed by atoms with van der Waals surface area (Å²) < 4.78 is 39.9. The molecule has 1 aromatic rings. The van der Waals surface area contributed by atoms with Crippen molar-refractivity contribution in [3.8, 4) is 17.2 Å². The number of methoxy groups -OCH3 is 3. The first-order chi connectivity index (χ1) is 13.2. The van der Waals surface area contributed by atoms with Crippen molar-refractivity contribution in [1.82, 2.24) is 10.2 Å². The van der Waals surface area contributed by atoms with Gasteiger partial charge < -0.3 is 24.4 Å². The van der Waals surface area contributed by atoms with E-state index in [-0.39, 0.29) is 5.75 Å². The van der Waals surface area contributed by atoms with Gasteiger partial charge in [0.15, 0.2) is 15.8 Å². The average molecular weight is 414 g/mol. The Morgan fingerprint density at radius 3 is 2.25 bits per heavy atom. The van der Waals surface area contributed by atoms with Gasteiger partial charge in [-0.05, 0) is 20.3 Å². The number of hydrogen-bond acceptors (Lipinski definition) is 6. The lowest BCUT2D eigenvalue weighted by atomic mass is 10.1. The minimum absolute atomic E-state index is 0.126. The zero-order valence-electron chi connectivity index (χ0n) is 17.5. The van der Waals surface area contributed by atoms with E-state index in [1.165, 1.54) is 0 Å². The van der Waals surface area contributed by atoms with E-state index in [2.05, 4.69) is 10.3 Å². The molecule has 1 heterocycles. The zero-order chi connectivity index (χ0) is 20.9. The normalized spacial score (nSPS) is 18.5. The van der Waals surface area contributed by atoms with Crippen LogP contribution in [0.25, 0.3) is 0 Å². The number of nitrogens with one attached hydrogen (secondary N) is 1. The molecular formula is C19H31N3O5S. The van der Waals surface area contributed by atoms with Gasteiger partial charge in [-0.3, -0.25) is 4.99 Å². The van der Waals surface area contributed by atoms with Gasteiger partial charge in [0.2, 0.25) is 0 Å². The Morgan fingerprint density at radius 1 is 1.18 bits per heavy atom. The van der Waals surface area contributed by atoms with Gasteiger partial charge in [0, 0.05) is 44.4 Å². The van der Waals surface area contributed by atoms with Crippen molar-refractivity contribution < 1.29 is 22.6 Å². The summed E-state index contributed by atoms with van der Waals surface area (Å²) in [4.78, 5) is 6.31. The van der Waals surface area contributed by atoms with E-state index in [0.717, 1.165) is 5.56 Å². The predicted octanol–water partition coefficient (Wildman–Crippen LogP) is 1.34. The molecule has 1 aromatic carbocycles. The van der Waals surface area contributed by atoms with E-state index in [9.17, 15) is 8.42 Å². The number of rotatable bonds is 6. The maximum absolute atomic E-state index is 12.2. The largest absolute Gasteiger partial charge is 0.496 e. The molecule has 1 fully saturated rings. The van der Waals surface area contributed by atoms with Crippen LogP contribution in [-0.2, 0) is 16.3 Å². The highest BCUT2D eigenvalue weighted by atomic mass is 32.2. The Labute approximate surface area is 167 Å². The summed E-state index contributed by atoms with van der Waals surface area (Å²) in [6.07, 6.45) is 0.644. The topological polar surface area (TPSA) is 89.5 Å². The number of sulfone groups is 1. The molecule has 0 unspecified atom stereocenters. The molecular weight excluding hydrogens is 382 g/mol. The Bertz CT molecular complexity index is 796. The molecule has 1 saturated heterocycles. The van der Waals surface area contributed by atoms with Crippen molar-refractivity contribution in [2.24, 2.45) is 4.99 Å². The fourth-order valence-corrected chi connectivity index (χ4v) is 4.65. The van der Waals surface area contributed by atoms with Gasteiger partial charge in [-0.2, -0.15) is 0 Å². The molecule has 28 heavy (non-hydrogen) atoms. The molecule has 0 bridgehead atoms. The summed E-state index contributed by atoms with van der Waals surface area (Å²) in [6, 6.07) is 3.65. The van der Waals surface area contributed by atoms with Crippen LogP contribution < -0.4 is 19.5 Å². The molecule has 8 nitrogen and oxygen atoms in total. The fraction of sp³-hybridized carbons (Fsp3) is 0.632. The third-order valence-electron chi connectivity index (χ3n) is 5.03. The summed E-state index contributed by atoms with van der Waals surface area (Å²) in [5.74, 6) is 2.87. The summed E-state index contributed by atoms with van der Waals surface area (Å²) in [7, 11) is 3.43. The van der Waals surface area contributed by atoms with Crippen LogP contribution in [0.5, 0.6) is 17.2 Å². The summed E-state index contributed by atoms with van der Waals surface area (Å²) in [5.41, 5.74) is 0.926. The molecule has 0 aliphatic carbocycles. The van der Waals surface area contributed by atoms with Crippen LogP contribution >= 0.6 is 0 Å². The van der Waals surface area contributed by atoms with Crippen LogP contribution in [-0.4, -0.2) is 77.8 Å². The van der Waals surface area contributed by atoms with Gasteiger partial charge >= 0.3 is 0 Å². The van der Waals surface area contributed by atoms with Crippen molar-refractivity contribution in [3.05, 3.63) is 17.7 Å². The highest BCUT2D eigenvalue weighted by molar-refractivity contribution is 7.92. The molecule has 1 aliphatic heterocycles. The van der Waals surface area contributed by atoms with E-state index in [1.54, 1.807) is 42.2 Å². The van der Waals surface area contributed by atoms with E-state index in [0.29, 0.717) is 49.3 Å². The number of nitrogens with zero attached hydrogens (tertiary/aromatic N) is 2. The van der Waals surface area contributed by atoms with E-state index in [1.807, 2.05) is 17.0 Å². The quantitative estimate of drug-likeness (QED) is 0.556. The first-order valence-corrected chi connectivity index (χ1v) is 10.8. The third-order valence-corrected chi connectivity index (χ3v) is 7.56. The van der Waals surface area contributed by atoms with E-state index >= 15 is 0 Å². The Kier molecular flexibility index (Phi) is 7.03. The van der Waals surface area contributed by atoms with Crippen LogP contribution in [0.4, 0.5) is 0 Å². The van der Waals surface area contributed by atoms with Crippen LogP contribution in [0.15, 0.2) is 17.1 Å². The molecule has 0 radical (unpaired) electrons. The molecule has 0 aromatic heterocycles. The lowest BCUT2D eigenvalue weighted by molar-refractivity contribution is 0.352. The van der Waals surface area contributed by atoms with E-state index < -0.39 is 14.6 Å². The molecule has 1 N–H and O–H groups in total. The number of guanidine groups is 1. The van der Waals surface area contributed by atoms with Crippen LogP contribution in [0.3, 0.4) is 0 Å². The summed E-state index contributed by atoms with van der Waals surface area (Å²) in [5, 5.41) is 3.32. The summed E-state index contributed by atoms with van der Waals surface area (Å²) in [6.45, 7) is 4.95. The highest BCUT2D eigenvalue weighted by Crippen LogP contribution is 2.34.